The standard InChI is InChI=1S/C17H20N4O6/c1-10-3-5-17(6-4-10)15(23)20(16(24)19-17)18-9-11-7-12(21(25)26)14(22)13(8-11)27-2/h7-10,22H,3-6H2,1-2H3,(H,19,24)/b18-9+. The highest BCUT2D eigenvalue weighted by atomic mass is 16.6. The molecular formula is C17H20N4O6. The second kappa shape index (κ2) is 6.86. The monoisotopic (exact) mass is 376 g/mol. The second-order valence-electron chi connectivity index (χ2n) is 6.90. The Morgan fingerprint density at radius 2 is 2.07 bits per heavy atom. The maximum atomic E-state index is 12.7. The van der Waals surface area contributed by atoms with Crippen LogP contribution in [-0.4, -0.2) is 45.8 Å². The minimum absolute atomic E-state index is 0.111. The van der Waals surface area contributed by atoms with Gasteiger partial charge in [-0.1, -0.05) is 6.92 Å². The number of ether oxygens (including phenoxy) is 1. The number of carbonyl (C=O) groups excluding carboxylic acids is 2. The first-order valence-corrected chi connectivity index (χ1v) is 8.53. The molecule has 1 spiro atoms. The SMILES string of the molecule is COc1cc(/C=N/N2C(=O)NC3(CCC(C)CC3)C2=O)cc([N+](=O)[O-])c1O. The third kappa shape index (κ3) is 3.29. The van der Waals surface area contributed by atoms with Crippen LogP contribution in [0.15, 0.2) is 17.2 Å². The first-order valence-electron chi connectivity index (χ1n) is 8.53. The van der Waals surface area contributed by atoms with Crippen molar-refractivity contribution in [2.45, 2.75) is 38.1 Å². The van der Waals surface area contributed by atoms with E-state index < -0.39 is 33.8 Å². The molecule has 1 aliphatic heterocycles. The fourth-order valence-corrected chi connectivity index (χ4v) is 3.41. The van der Waals surface area contributed by atoms with Gasteiger partial charge in [0.2, 0.25) is 5.75 Å². The molecule has 144 valence electrons. The first kappa shape index (κ1) is 18.6. The van der Waals surface area contributed by atoms with Crippen LogP contribution in [0.5, 0.6) is 11.5 Å². The summed E-state index contributed by atoms with van der Waals surface area (Å²) in [6.45, 7) is 2.11. The molecule has 3 amide bonds. The van der Waals surface area contributed by atoms with E-state index in [9.17, 15) is 24.8 Å². The molecule has 1 heterocycles. The Morgan fingerprint density at radius 3 is 2.67 bits per heavy atom. The number of benzene rings is 1. The van der Waals surface area contributed by atoms with E-state index in [1.807, 2.05) is 0 Å². The number of hydrogen-bond acceptors (Lipinski definition) is 7. The van der Waals surface area contributed by atoms with Gasteiger partial charge in [0, 0.05) is 11.6 Å². The number of imide groups is 1. The smallest absolute Gasteiger partial charge is 0.346 e. The lowest BCUT2D eigenvalue weighted by Crippen LogP contribution is -2.49. The summed E-state index contributed by atoms with van der Waals surface area (Å²) < 4.78 is 4.91. The van der Waals surface area contributed by atoms with E-state index in [0.717, 1.165) is 30.1 Å². The molecule has 1 aromatic rings. The molecule has 3 rings (SSSR count). The minimum Gasteiger partial charge on any atom is -0.500 e. The first-order chi connectivity index (χ1) is 12.8. The van der Waals surface area contributed by atoms with Crippen LogP contribution in [-0.2, 0) is 4.79 Å². The molecule has 0 atom stereocenters. The van der Waals surface area contributed by atoms with Gasteiger partial charge in [-0.3, -0.25) is 14.9 Å². The molecular weight excluding hydrogens is 356 g/mol. The van der Waals surface area contributed by atoms with Gasteiger partial charge < -0.3 is 15.2 Å². The molecule has 1 aromatic carbocycles. The highest BCUT2D eigenvalue weighted by Gasteiger charge is 2.52. The zero-order valence-electron chi connectivity index (χ0n) is 15.0. The number of nitrogens with one attached hydrogen (secondary N) is 1. The molecule has 10 nitrogen and oxygen atoms in total. The highest BCUT2D eigenvalue weighted by molar-refractivity contribution is 6.07. The third-order valence-electron chi connectivity index (χ3n) is 5.08. The zero-order chi connectivity index (χ0) is 19.8. The van der Waals surface area contributed by atoms with Crippen LogP contribution < -0.4 is 10.1 Å². The second-order valence-corrected chi connectivity index (χ2v) is 6.90. The van der Waals surface area contributed by atoms with Crippen molar-refractivity contribution in [3.8, 4) is 11.5 Å². The number of nitro groups is 1. The molecule has 1 saturated carbocycles. The van der Waals surface area contributed by atoms with Gasteiger partial charge in [0.25, 0.3) is 5.91 Å². The van der Waals surface area contributed by atoms with E-state index in [-0.39, 0.29) is 11.3 Å². The molecule has 1 saturated heterocycles. The number of methoxy groups -OCH3 is 1. The van der Waals surface area contributed by atoms with Crippen LogP contribution in [0.3, 0.4) is 0 Å². The largest absolute Gasteiger partial charge is 0.500 e. The van der Waals surface area contributed by atoms with Crippen LogP contribution in [0.25, 0.3) is 0 Å². The van der Waals surface area contributed by atoms with E-state index in [0.29, 0.717) is 18.8 Å². The van der Waals surface area contributed by atoms with Gasteiger partial charge in [0.1, 0.15) is 5.54 Å². The van der Waals surface area contributed by atoms with Crippen LogP contribution in [0.4, 0.5) is 10.5 Å². The summed E-state index contributed by atoms with van der Waals surface area (Å²) in [7, 11) is 1.25. The Balaban J connectivity index is 1.86. The van der Waals surface area contributed by atoms with Gasteiger partial charge in [-0.25, -0.2) is 4.79 Å². The summed E-state index contributed by atoms with van der Waals surface area (Å²) in [5.74, 6) is -0.635. The molecule has 2 N–H and O–H groups in total. The van der Waals surface area contributed by atoms with Crippen molar-refractivity contribution in [2.24, 2.45) is 11.0 Å². The summed E-state index contributed by atoms with van der Waals surface area (Å²) in [5.41, 5.74) is -1.28. The maximum absolute atomic E-state index is 12.7. The Bertz CT molecular complexity index is 829. The van der Waals surface area contributed by atoms with Crippen LogP contribution in [0, 0.1) is 16.0 Å². The number of nitrogens with zero attached hydrogens (tertiary/aromatic N) is 3. The summed E-state index contributed by atoms with van der Waals surface area (Å²) in [6, 6.07) is 1.78. The summed E-state index contributed by atoms with van der Waals surface area (Å²) in [6.07, 6.45) is 3.94. The van der Waals surface area contributed by atoms with Gasteiger partial charge in [-0.2, -0.15) is 5.10 Å². The van der Waals surface area contributed by atoms with E-state index >= 15 is 0 Å². The maximum Gasteiger partial charge on any atom is 0.346 e. The summed E-state index contributed by atoms with van der Waals surface area (Å²) >= 11 is 0. The number of phenols is 1. The summed E-state index contributed by atoms with van der Waals surface area (Å²) in [5, 5.41) is 28.3. The fraction of sp³-hybridized carbons (Fsp3) is 0.471. The van der Waals surface area contributed by atoms with E-state index in [1.54, 1.807) is 0 Å². The molecule has 10 heteroatoms. The quantitative estimate of drug-likeness (QED) is 0.358. The average molecular weight is 376 g/mol. The lowest BCUT2D eigenvalue weighted by Gasteiger charge is -2.33. The molecule has 0 bridgehead atoms. The van der Waals surface area contributed by atoms with Crippen LogP contribution in [0.1, 0.15) is 38.2 Å². The zero-order valence-corrected chi connectivity index (χ0v) is 15.0. The number of phenolic OH excluding ortho intramolecular Hbond substituents is 1. The topological polar surface area (TPSA) is 134 Å². The number of hydrazone groups is 1. The highest BCUT2D eigenvalue weighted by Crippen LogP contribution is 2.37. The number of rotatable bonds is 4. The van der Waals surface area contributed by atoms with Gasteiger partial charge in [-0.05, 0) is 37.7 Å². The van der Waals surface area contributed by atoms with Crippen LogP contribution in [0.2, 0.25) is 0 Å². The van der Waals surface area contributed by atoms with Gasteiger partial charge in [0.15, 0.2) is 5.75 Å². The average Bonchev–Trinajstić information content (AvgIpc) is 2.86. The molecule has 27 heavy (non-hydrogen) atoms. The number of aromatic hydroxyl groups is 1. The Kier molecular flexibility index (Phi) is 4.73. The van der Waals surface area contributed by atoms with Gasteiger partial charge in [-0.15, -0.1) is 5.01 Å². The Hall–Kier alpha value is -3.17. The number of amides is 3. The normalized spacial score (nSPS) is 25.3. The van der Waals surface area contributed by atoms with Crippen molar-refractivity contribution in [1.82, 2.24) is 10.3 Å². The lowest BCUT2D eigenvalue weighted by molar-refractivity contribution is -0.386. The predicted molar refractivity (Wildman–Crippen MR) is 94.6 cm³/mol. The van der Waals surface area contributed by atoms with E-state index in [2.05, 4.69) is 17.3 Å². The lowest BCUT2D eigenvalue weighted by atomic mass is 9.77. The molecule has 2 fully saturated rings. The van der Waals surface area contributed by atoms with Gasteiger partial charge >= 0.3 is 11.7 Å². The van der Waals surface area contributed by atoms with Crippen molar-refractivity contribution in [3.05, 3.63) is 27.8 Å². The van der Waals surface area contributed by atoms with Gasteiger partial charge in [0.05, 0.1) is 18.2 Å². The number of carbonyl (C=O) groups is 2. The fourth-order valence-electron chi connectivity index (χ4n) is 3.41. The van der Waals surface area contributed by atoms with Crippen molar-refractivity contribution in [2.75, 3.05) is 7.11 Å². The van der Waals surface area contributed by atoms with Crippen molar-refractivity contribution >= 4 is 23.8 Å². The minimum atomic E-state index is -0.917. The molecule has 2 aliphatic rings. The third-order valence-corrected chi connectivity index (χ3v) is 5.08. The number of nitro benzene ring substituents is 1. The van der Waals surface area contributed by atoms with Crippen molar-refractivity contribution in [1.29, 1.82) is 0 Å². The van der Waals surface area contributed by atoms with Crippen molar-refractivity contribution < 1.29 is 24.4 Å². The predicted octanol–water partition coefficient (Wildman–Crippen LogP) is 2.14. The van der Waals surface area contributed by atoms with Crippen LogP contribution >= 0.6 is 0 Å². The van der Waals surface area contributed by atoms with E-state index in [1.165, 1.54) is 13.2 Å². The summed E-state index contributed by atoms with van der Waals surface area (Å²) in [4.78, 5) is 35.2. The number of hydrogen-bond donors (Lipinski definition) is 2. The number of urea groups is 1. The molecule has 0 radical (unpaired) electrons. The molecule has 1 aliphatic carbocycles. The molecule has 0 aromatic heterocycles. The molecule has 0 unspecified atom stereocenters. The Labute approximate surface area is 154 Å². The Morgan fingerprint density at radius 1 is 1.41 bits per heavy atom. The van der Waals surface area contributed by atoms with E-state index in [4.69, 9.17) is 4.74 Å². The van der Waals surface area contributed by atoms with Crippen molar-refractivity contribution in [3.63, 3.8) is 0 Å².